The molecule has 0 fully saturated rings. The minimum atomic E-state index is -0.118. The van der Waals surface area contributed by atoms with Crippen molar-refractivity contribution in [3.05, 3.63) is 24.3 Å². The molecule has 4 nitrogen and oxygen atoms in total. The summed E-state index contributed by atoms with van der Waals surface area (Å²) in [5.74, 6) is 1.64. The Labute approximate surface area is 98.5 Å². The Kier molecular flexibility index (Phi) is 3.46. The normalized spacial score (nSPS) is 14.4. The van der Waals surface area contributed by atoms with Crippen molar-refractivity contribution in [3.8, 4) is 0 Å². The predicted octanol–water partition coefficient (Wildman–Crippen LogP) is 1.85. The predicted molar refractivity (Wildman–Crippen MR) is 65.8 cm³/mol. The van der Waals surface area contributed by atoms with E-state index in [1.54, 1.807) is 11.8 Å². The van der Waals surface area contributed by atoms with Crippen LogP contribution in [0.15, 0.2) is 34.2 Å². The number of hydrogen-bond donors (Lipinski definition) is 2. The van der Waals surface area contributed by atoms with Crippen LogP contribution in [0, 0.1) is 0 Å². The van der Waals surface area contributed by atoms with Crippen molar-refractivity contribution in [2.24, 2.45) is 4.99 Å². The van der Waals surface area contributed by atoms with Gasteiger partial charge in [0.2, 0.25) is 5.91 Å². The molecule has 0 bridgehead atoms. The summed E-state index contributed by atoms with van der Waals surface area (Å²) >= 11 is 1.78. The van der Waals surface area contributed by atoms with Crippen LogP contribution < -0.4 is 10.9 Å². The van der Waals surface area contributed by atoms with E-state index in [-0.39, 0.29) is 5.91 Å². The maximum absolute atomic E-state index is 10.8. The molecule has 1 aromatic rings. The summed E-state index contributed by atoms with van der Waals surface area (Å²) in [5, 5.41) is 0. The lowest BCUT2D eigenvalue weighted by Gasteiger charge is -2.07. The molecule has 0 spiro atoms. The molecule has 0 saturated heterocycles. The molecule has 2 rings (SSSR count). The third kappa shape index (κ3) is 2.76. The van der Waals surface area contributed by atoms with Crippen LogP contribution in [0.2, 0.25) is 0 Å². The standard InChI is InChI=1S/C11H13N3OS/c1-8(15)13-14-11-6-7-16-10-5-3-2-4-9(10)12-11/h2-5H,6-7H2,1H3,(H,12,14)(H,13,15). The van der Waals surface area contributed by atoms with Crippen LogP contribution in [0.4, 0.5) is 5.69 Å². The fourth-order valence-electron chi connectivity index (χ4n) is 1.38. The van der Waals surface area contributed by atoms with E-state index in [9.17, 15) is 4.79 Å². The van der Waals surface area contributed by atoms with E-state index in [2.05, 4.69) is 21.9 Å². The number of rotatable bonds is 0. The molecule has 0 atom stereocenters. The van der Waals surface area contributed by atoms with Crippen molar-refractivity contribution >= 4 is 29.2 Å². The van der Waals surface area contributed by atoms with E-state index in [0.29, 0.717) is 0 Å². The maximum atomic E-state index is 10.8. The largest absolute Gasteiger partial charge is 0.285 e. The van der Waals surface area contributed by atoms with E-state index < -0.39 is 0 Å². The van der Waals surface area contributed by atoms with Crippen molar-refractivity contribution in [1.29, 1.82) is 0 Å². The first-order chi connectivity index (χ1) is 7.75. The number of hydrazine groups is 1. The van der Waals surface area contributed by atoms with E-state index in [0.717, 1.165) is 23.7 Å². The van der Waals surface area contributed by atoms with Crippen LogP contribution in [-0.2, 0) is 4.79 Å². The van der Waals surface area contributed by atoms with Crippen molar-refractivity contribution in [2.45, 2.75) is 18.2 Å². The zero-order valence-corrected chi connectivity index (χ0v) is 9.80. The van der Waals surface area contributed by atoms with Crippen LogP contribution in [0.5, 0.6) is 0 Å². The van der Waals surface area contributed by atoms with Crippen molar-refractivity contribution < 1.29 is 4.79 Å². The number of carbonyl (C=O) groups is 1. The van der Waals surface area contributed by atoms with Gasteiger partial charge in [0, 0.05) is 24.0 Å². The average Bonchev–Trinajstić information content (AvgIpc) is 2.47. The second kappa shape index (κ2) is 5.03. The average molecular weight is 235 g/mol. The van der Waals surface area contributed by atoms with Crippen molar-refractivity contribution in [3.63, 3.8) is 0 Å². The minimum absolute atomic E-state index is 0.118. The summed E-state index contributed by atoms with van der Waals surface area (Å²) in [6.45, 7) is 1.47. The lowest BCUT2D eigenvalue weighted by Crippen LogP contribution is -2.40. The Bertz CT molecular complexity index is 431. The SMILES string of the molecule is CC(=O)NNC1=Nc2ccccc2SCC1. The number of benzene rings is 1. The van der Waals surface area contributed by atoms with E-state index in [1.165, 1.54) is 11.8 Å². The van der Waals surface area contributed by atoms with Gasteiger partial charge in [0.1, 0.15) is 5.84 Å². The Morgan fingerprint density at radius 2 is 2.25 bits per heavy atom. The first-order valence-electron chi connectivity index (χ1n) is 5.08. The fraction of sp³-hybridized carbons (Fsp3) is 0.273. The molecule has 1 amide bonds. The van der Waals surface area contributed by atoms with Gasteiger partial charge in [-0.15, -0.1) is 11.8 Å². The highest BCUT2D eigenvalue weighted by molar-refractivity contribution is 7.99. The number of hydrogen-bond acceptors (Lipinski definition) is 4. The van der Waals surface area contributed by atoms with E-state index >= 15 is 0 Å². The van der Waals surface area contributed by atoms with Gasteiger partial charge < -0.3 is 0 Å². The van der Waals surface area contributed by atoms with Gasteiger partial charge in [-0.05, 0) is 12.1 Å². The zero-order chi connectivity index (χ0) is 11.4. The van der Waals surface area contributed by atoms with Gasteiger partial charge in [-0.25, -0.2) is 4.99 Å². The zero-order valence-electron chi connectivity index (χ0n) is 8.99. The van der Waals surface area contributed by atoms with Gasteiger partial charge in [0.15, 0.2) is 0 Å². The smallest absolute Gasteiger partial charge is 0.235 e. The van der Waals surface area contributed by atoms with Crippen LogP contribution in [0.1, 0.15) is 13.3 Å². The third-order valence-electron chi connectivity index (χ3n) is 2.10. The summed E-state index contributed by atoms with van der Waals surface area (Å²) in [4.78, 5) is 16.4. The summed E-state index contributed by atoms with van der Waals surface area (Å²) in [5.41, 5.74) is 6.34. The molecular weight excluding hydrogens is 222 g/mol. The van der Waals surface area contributed by atoms with Gasteiger partial charge in [-0.3, -0.25) is 15.6 Å². The van der Waals surface area contributed by atoms with E-state index in [4.69, 9.17) is 0 Å². The second-order valence-electron chi connectivity index (χ2n) is 3.43. The molecule has 1 aliphatic rings. The molecule has 5 heteroatoms. The van der Waals surface area contributed by atoms with Gasteiger partial charge in [-0.2, -0.15) is 0 Å². The highest BCUT2D eigenvalue weighted by atomic mass is 32.2. The lowest BCUT2D eigenvalue weighted by molar-refractivity contribution is -0.119. The maximum Gasteiger partial charge on any atom is 0.235 e. The number of para-hydroxylation sites is 1. The quantitative estimate of drug-likeness (QED) is 0.675. The number of aliphatic imine (C=N–C) groups is 1. The van der Waals surface area contributed by atoms with Crippen molar-refractivity contribution in [2.75, 3.05) is 5.75 Å². The molecule has 0 unspecified atom stereocenters. The van der Waals surface area contributed by atoms with Crippen LogP contribution in [0.3, 0.4) is 0 Å². The molecule has 0 aromatic heterocycles. The summed E-state index contributed by atoms with van der Waals surface area (Å²) < 4.78 is 0. The molecular formula is C11H13N3OS. The molecule has 1 aromatic carbocycles. The lowest BCUT2D eigenvalue weighted by atomic mass is 10.3. The monoisotopic (exact) mass is 235 g/mol. The fourth-order valence-corrected chi connectivity index (χ4v) is 2.33. The van der Waals surface area contributed by atoms with Crippen LogP contribution >= 0.6 is 11.8 Å². The van der Waals surface area contributed by atoms with Gasteiger partial charge in [0.05, 0.1) is 5.69 Å². The summed E-state index contributed by atoms with van der Waals surface area (Å²) in [6, 6.07) is 8.01. The first-order valence-corrected chi connectivity index (χ1v) is 6.06. The second-order valence-corrected chi connectivity index (χ2v) is 4.57. The van der Waals surface area contributed by atoms with Gasteiger partial charge in [-0.1, -0.05) is 12.1 Å². The number of fused-ring (bicyclic) bond motifs is 1. The molecule has 84 valence electrons. The Morgan fingerprint density at radius 1 is 1.44 bits per heavy atom. The minimum Gasteiger partial charge on any atom is -0.285 e. The first kappa shape index (κ1) is 11.0. The number of carbonyl (C=O) groups excluding carboxylic acids is 1. The van der Waals surface area contributed by atoms with E-state index in [1.807, 2.05) is 18.2 Å². The van der Waals surface area contributed by atoms with Crippen LogP contribution in [0.25, 0.3) is 0 Å². The molecule has 0 saturated carbocycles. The Morgan fingerprint density at radius 3 is 3.06 bits per heavy atom. The third-order valence-corrected chi connectivity index (χ3v) is 3.16. The number of amidine groups is 1. The highest BCUT2D eigenvalue weighted by Gasteiger charge is 2.09. The number of amides is 1. The molecule has 1 aliphatic heterocycles. The number of thioether (sulfide) groups is 1. The topological polar surface area (TPSA) is 53.5 Å². The number of nitrogens with one attached hydrogen (secondary N) is 2. The van der Waals surface area contributed by atoms with Crippen molar-refractivity contribution in [1.82, 2.24) is 10.9 Å². The molecule has 1 heterocycles. The molecule has 0 aliphatic carbocycles. The van der Waals surface area contributed by atoms with Gasteiger partial charge in [0.25, 0.3) is 0 Å². The highest BCUT2D eigenvalue weighted by Crippen LogP contribution is 2.32. The van der Waals surface area contributed by atoms with Gasteiger partial charge >= 0.3 is 0 Å². The molecule has 16 heavy (non-hydrogen) atoms. The Balaban J connectivity index is 2.16. The number of nitrogens with zero attached hydrogens (tertiary/aromatic N) is 1. The Hall–Kier alpha value is -1.49. The summed E-state index contributed by atoms with van der Waals surface area (Å²) in [7, 11) is 0. The van der Waals surface area contributed by atoms with Crippen LogP contribution in [-0.4, -0.2) is 17.5 Å². The molecule has 2 N–H and O–H groups in total. The molecule has 0 radical (unpaired) electrons. The summed E-state index contributed by atoms with van der Waals surface area (Å²) in [6.07, 6.45) is 0.819.